The highest BCUT2D eigenvalue weighted by molar-refractivity contribution is 9.10. The monoisotopic (exact) mass is 270 g/mol. The zero-order valence-corrected chi connectivity index (χ0v) is 10.2. The van der Waals surface area contributed by atoms with Crippen molar-refractivity contribution in [1.29, 1.82) is 0 Å². The van der Waals surface area contributed by atoms with Gasteiger partial charge in [0.2, 0.25) is 0 Å². The van der Waals surface area contributed by atoms with Crippen LogP contribution in [0.3, 0.4) is 0 Å². The van der Waals surface area contributed by atoms with Gasteiger partial charge in [-0.15, -0.1) is 0 Å². The van der Waals surface area contributed by atoms with Crippen molar-refractivity contribution in [1.82, 2.24) is 0 Å². The second-order valence-corrected chi connectivity index (χ2v) is 4.57. The van der Waals surface area contributed by atoms with Crippen LogP contribution in [0.15, 0.2) is 22.7 Å². The number of benzene rings is 1. The van der Waals surface area contributed by atoms with Crippen molar-refractivity contribution >= 4 is 27.3 Å². The Labute approximate surface area is 98.3 Å². The van der Waals surface area contributed by atoms with Gasteiger partial charge in [0.25, 0.3) is 0 Å². The fourth-order valence-corrected chi connectivity index (χ4v) is 2.13. The predicted octanol–water partition coefficient (Wildman–Crippen LogP) is 2.26. The summed E-state index contributed by atoms with van der Waals surface area (Å²) in [6.07, 6.45) is 1.06. The molecular weight excluding hydrogens is 256 g/mol. The summed E-state index contributed by atoms with van der Waals surface area (Å²) in [4.78, 5) is 2.28. The number of anilines is 2. The van der Waals surface area contributed by atoms with Crippen LogP contribution in [-0.2, 0) is 4.74 Å². The van der Waals surface area contributed by atoms with E-state index in [4.69, 9.17) is 10.5 Å². The van der Waals surface area contributed by atoms with Gasteiger partial charge in [0.05, 0.1) is 18.0 Å². The number of hydrogen-bond donors (Lipinski definition) is 1. The van der Waals surface area contributed by atoms with Crippen LogP contribution in [0.4, 0.5) is 11.4 Å². The summed E-state index contributed by atoms with van der Waals surface area (Å²) < 4.78 is 6.49. The van der Waals surface area contributed by atoms with Crippen LogP contribution in [-0.4, -0.2) is 26.3 Å². The van der Waals surface area contributed by atoms with Crippen molar-refractivity contribution in [2.24, 2.45) is 0 Å². The van der Waals surface area contributed by atoms with Gasteiger partial charge in [-0.05, 0) is 24.6 Å². The molecule has 2 rings (SSSR count). The number of halogens is 1. The molecule has 1 aliphatic rings. The van der Waals surface area contributed by atoms with Gasteiger partial charge in [-0.3, -0.25) is 0 Å². The van der Waals surface area contributed by atoms with Crippen molar-refractivity contribution in [3.63, 3.8) is 0 Å². The maximum absolute atomic E-state index is 5.97. The van der Waals surface area contributed by atoms with E-state index < -0.39 is 0 Å². The summed E-state index contributed by atoms with van der Waals surface area (Å²) in [5.74, 6) is 0. The van der Waals surface area contributed by atoms with Crippen LogP contribution >= 0.6 is 15.9 Å². The van der Waals surface area contributed by atoms with Gasteiger partial charge in [0.15, 0.2) is 0 Å². The number of rotatable bonds is 1. The average molecular weight is 271 g/mol. The summed E-state index contributed by atoms with van der Waals surface area (Å²) in [5.41, 5.74) is 7.91. The summed E-state index contributed by atoms with van der Waals surface area (Å²) in [7, 11) is 0. The van der Waals surface area contributed by atoms with Crippen LogP contribution in [0.5, 0.6) is 0 Å². The largest absolute Gasteiger partial charge is 0.397 e. The van der Waals surface area contributed by atoms with Gasteiger partial charge in [0, 0.05) is 24.2 Å². The van der Waals surface area contributed by atoms with Crippen LogP contribution in [0.2, 0.25) is 0 Å². The van der Waals surface area contributed by atoms with E-state index in [0.717, 1.165) is 48.6 Å². The molecule has 0 amide bonds. The zero-order valence-electron chi connectivity index (χ0n) is 8.58. The highest BCUT2D eigenvalue weighted by Crippen LogP contribution is 2.27. The van der Waals surface area contributed by atoms with Crippen molar-refractivity contribution < 1.29 is 4.74 Å². The first kappa shape index (κ1) is 10.8. The predicted molar refractivity (Wildman–Crippen MR) is 66.2 cm³/mol. The minimum absolute atomic E-state index is 0.784. The Balaban J connectivity index is 2.22. The quantitative estimate of drug-likeness (QED) is 0.796. The lowest BCUT2D eigenvalue weighted by atomic mass is 10.2. The Morgan fingerprint density at radius 1 is 1.27 bits per heavy atom. The second kappa shape index (κ2) is 4.86. The molecule has 1 aromatic carbocycles. The Morgan fingerprint density at radius 3 is 3.00 bits per heavy atom. The molecule has 1 fully saturated rings. The third kappa shape index (κ3) is 2.63. The van der Waals surface area contributed by atoms with Gasteiger partial charge in [-0.25, -0.2) is 0 Å². The lowest BCUT2D eigenvalue weighted by Gasteiger charge is -2.23. The molecule has 2 N–H and O–H groups in total. The maximum Gasteiger partial charge on any atom is 0.0641 e. The number of nitrogens with two attached hydrogens (primary N) is 1. The molecule has 0 saturated carbocycles. The van der Waals surface area contributed by atoms with Crippen molar-refractivity contribution in [2.45, 2.75) is 6.42 Å². The van der Waals surface area contributed by atoms with Gasteiger partial charge < -0.3 is 15.4 Å². The SMILES string of the molecule is Nc1ccc(Br)cc1N1CCCOCC1. The van der Waals surface area contributed by atoms with Crippen LogP contribution in [0, 0.1) is 0 Å². The molecule has 3 nitrogen and oxygen atoms in total. The third-order valence-corrected chi connectivity index (χ3v) is 3.05. The minimum Gasteiger partial charge on any atom is -0.397 e. The fourth-order valence-electron chi connectivity index (χ4n) is 1.78. The molecule has 0 aromatic heterocycles. The molecule has 0 bridgehead atoms. The lowest BCUT2D eigenvalue weighted by molar-refractivity contribution is 0.152. The van der Waals surface area contributed by atoms with Crippen LogP contribution < -0.4 is 10.6 Å². The summed E-state index contributed by atoms with van der Waals surface area (Å²) in [5, 5.41) is 0. The molecule has 15 heavy (non-hydrogen) atoms. The topological polar surface area (TPSA) is 38.5 Å². The maximum atomic E-state index is 5.97. The molecule has 0 atom stereocenters. The van der Waals surface area contributed by atoms with Gasteiger partial charge in [-0.2, -0.15) is 0 Å². The van der Waals surface area contributed by atoms with E-state index in [2.05, 4.69) is 26.9 Å². The molecule has 4 heteroatoms. The summed E-state index contributed by atoms with van der Waals surface area (Å²) >= 11 is 3.47. The Bertz CT molecular complexity index is 335. The molecule has 1 heterocycles. The Hall–Kier alpha value is -0.740. The first-order valence-corrected chi connectivity index (χ1v) is 5.94. The van der Waals surface area contributed by atoms with Crippen molar-refractivity contribution in [2.75, 3.05) is 36.9 Å². The molecule has 0 spiro atoms. The van der Waals surface area contributed by atoms with Crippen molar-refractivity contribution in [3.05, 3.63) is 22.7 Å². The third-order valence-electron chi connectivity index (χ3n) is 2.56. The standard InChI is InChI=1S/C11H15BrN2O/c12-9-2-3-10(13)11(8-9)14-4-1-6-15-7-5-14/h2-3,8H,1,4-7,13H2. The van der Waals surface area contributed by atoms with Gasteiger partial charge in [0.1, 0.15) is 0 Å². The molecule has 0 aliphatic carbocycles. The van der Waals surface area contributed by atoms with E-state index >= 15 is 0 Å². The van der Waals surface area contributed by atoms with Crippen molar-refractivity contribution in [3.8, 4) is 0 Å². The molecule has 1 aromatic rings. The minimum atomic E-state index is 0.784. The average Bonchev–Trinajstić information content (AvgIpc) is 2.50. The second-order valence-electron chi connectivity index (χ2n) is 3.66. The Morgan fingerprint density at radius 2 is 2.13 bits per heavy atom. The van der Waals surface area contributed by atoms with E-state index in [1.165, 1.54) is 0 Å². The molecule has 1 saturated heterocycles. The number of ether oxygens (including phenoxy) is 1. The molecule has 0 unspecified atom stereocenters. The first-order valence-electron chi connectivity index (χ1n) is 5.15. The number of hydrogen-bond acceptors (Lipinski definition) is 3. The molecule has 1 aliphatic heterocycles. The number of nitrogen functional groups attached to an aromatic ring is 1. The molecule has 82 valence electrons. The van der Waals surface area contributed by atoms with E-state index in [-0.39, 0.29) is 0 Å². The van der Waals surface area contributed by atoms with E-state index in [0.29, 0.717) is 0 Å². The lowest BCUT2D eigenvalue weighted by Crippen LogP contribution is -2.26. The van der Waals surface area contributed by atoms with E-state index in [9.17, 15) is 0 Å². The smallest absolute Gasteiger partial charge is 0.0641 e. The summed E-state index contributed by atoms with van der Waals surface area (Å²) in [6, 6.07) is 5.97. The van der Waals surface area contributed by atoms with Gasteiger partial charge in [-0.1, -0.05) is 15.9 Å². The van der Waals surface area contributed by atoms with E-state index in [1.807, 2.05) is 12.1 Å². The first-order chi connectivity index (χ1) is 7.27. The highest BCUT2D eigenvalue weighted by atomic mass is 79.9. The number of nitrogens with zero attached hydrogens (tertiary/aromatic N) is 1. The highest BCUT2D eigenvalue weighted by Gasteiger charge is 2.12. The van der Waals surface area contributed by atoms with E-state index in [1.54, 1.807) is 0 Å². The van der Waals surface area contributed by atoms with Gasteiger partial charge >= 0.3 is 0 Å². The van der Waals surface area contributed by atoms with Crippen LogP contribution in [0.25, 0.3) is 0 Å². The molecule has 0 radical (unpaired) electrons. The fraction of sp³-hybridized carbons (Fsp3) is 0.455. The van der Waals surface area contributed by atoms with Crippen LogP contribution in [0.1, 0.15) is 6.42 Å². The molecular formula is C11H15BrN2O. The normalized spacial score (nSPS) is 17.5. The Kier molecular flexibility index (Phi) is 3.49. The summed E-state index contributed by atoms with van der Waals surface area (Å²) in [6.45, 7) is 3.57. The zero-order chi connectivity index (χ0) is 10.7.